The molecule has 2 amide bonds. The Hall–Kier alpha value is -2.32. The summed E-state index contributed by atoms with van der Waals surface area (Å²) < 4.78 is 30.6. The lowest BCUT2D eigenvalue weighted by atomic mass is 10.2. The molecule has 0 bridgehead atoms. The molecule has 1 aliphatic rings. The van der Waals surface area contributed by atoms with E-state index in [0.29, 0.717) is 28.2 Å². The number of hydrogen-bond donors (Lipinski definition) is 1. The quantitative estimate of drug-likeness (QED) is 0.773. The van der Waals surface area contributed by atoms with Crippen LogP contribution in [0.15, 0.2) is 47.4 Å². The number of halogens is 3. The summed E-state index contributed by atoms with van der Waals surface area (Å²) in [4.78, 5) is 26.0. The van der Waals surface area contributed by atoms with E-state index < -0.39 is 17.6 Å². The molecule has 0 aromatic heterocycles. The van der Waals surface area contributed by atoms with Crippen molar-refractivity contribution in [2.45, 2.75) is 10.7 Å². The third-order valence-corrected chi connectivity index (χ3v) is 4.57. The van der Waals surface area contributed by atoms with Crippen molar-refractivity contribution < 1.29 is 23.1 Å². The number of nitrogens with one attached hydrogen (secondary N) is 1. The number of fused-ring (bicyclic) bond motifs is 1. The van der Waals surface area contributed by atoms with Crippen LogP contribution >= 0.6 is 23.4 Å². The molecule has 3 rings (SSSR count). The first kappa shape index (κ1) is 18.5. The molecule has 26 heavy (non-hydrogen) atoms. The predicted molar refractivity (Wildman–Crippen MR) is 96.2 cm³/mol. The molecule has 5 nitrogen and oxygen atoms in total. The van der Waals surface area contributed by atoms with E-state index in [-0.39, 0.29) is 23.7 Å². The molecule has 136 valence electrons. The Labute approximate surface area is 157 Å². The molecular formula is C17H13ClF2N2O3S. The molecule has 0 spiro atoms. The summed E-state index contributed by atoms with van der Waals surface area (Å²) in [5.41, 5.74) is 0.647. The number of alkyl halides is 2. The molecule has 1 aliphatic heterocycles. The van der Waals surface area contributed by atoms with E-state index in [0.717, 1.165) is 0 Å². The lowest BCUT2D eigenvalue weighted by Crippen LogP contribution is -2.43. The highest BCUT2D eigenvalue weighted by Crippen LogP contribution is 2.35. The Kier molecular flexibility index (Phi) is 5.63. The number of hydrogen-bond acceptors (Lipinski definition) is 4. The third-order valence-electron chi connectivity index (χ3n) is 3.54. The summed E-state index contributed by atoms with van der Waals surface area (Å²) in [6.45, 7) is -0.483. The molecule has 1 heterocycles. The second-order valence-corrected chi connectivity index (χ2v) is 6.77. The van der Waals surface area contributed by atoms with Gasteiger partial charge in [-0.1, -0.05) is 35.5 Å². The standard InChI is InChI=1S/C17H13ClF2N2O3S/c18-10-5-6-13-12(7-10)22(16(24)9-25-13)8-15(23)21-11-3-1-2-4-14(11)26-17(19)20/h1-7,17H,8-9H2,(H,21,23). The van der Waals surface area contributed by atoms with E-state index in [1.807, 2.05) is 0 Å². The van der Waals surface area contributed by atoms with Crippen LogP contribution in [0.1, 0.15) is 0 Å². The van der Waals surface area contributed by atoms with Crippen molar-refractivity contribution >= 4 is 46.6 Å². The molecule has 1 N–H and O–H groups in total. The van der Waals surface area contributed by atoms with Crippen LogP contribution in [0.4, 0.5) is 20.2 Å². The minimum Gasteiger partial charge on any atom is -0.482 e. The summed E-state index contributed by atoms with van der Waals surface area (Å²) >= 11 is 6.30. The minimum atomic E-state index is -2.61. The zero-order valence-electron chi connectivity index (χ0n) is 13.2. The molecule has 2 aromatic carbocycles. The number of rotatable bonds is 5. The minimum absolute atomic E-state index is 0.195. The van der Waals surface area contributed by atoms with E-state index in [1.165, 1.54) is 23.1 Å². The van der Waals surface area contributed by atoms with Crippen LogP contribution in [0.25, 0.3) is 0 Å². The first-order valence-electron chi connectivity index (χ1n) is 7.50. The fourth-order valence-electron chi connectivity index (χ4n) is 2.45. The molecule has 0 aliphatic carbocycles. The van der Waals surface area contributed by atoms with Gasteiger partial charge in [0, 0.05) is 9.92 Å². The van der Waals surface area contributed by atoms with Crippen molar-refractivity contribution in [3.63, 3.8) is 0 Å². The van der Waals surface area contributed by atoms with Crippen molar-refractivity contribution in [1.29, 1.82) is 0 Å². The number of thioether (sulfide) groups is 1. The van der Waals surface area contributed by atoms with E-state index in [9.17, 15) is 18.4 Å². The smallest absolute Gasteiger partial charge is 0.288 e. The fraction of sp³-hybridized carbons (Fsp3) is 0.176. The lowest BCUT2D eigenvalue weighted by molar-refractivity contribution is -0.123. The van der Waals surface area contributed by atoms with Crippen LogP contribution in [0.3, 0.4) is 0 Å². The van der Waals surface area contributed by atoms with Gasteiger partial charge in [0.15, 0.2) is 6.61 Å². The zero-order chi connectivity index (χ0) is 18.7. The molecule has 0 fully saturated rings. The van der Waals surface area contributed by atoms with Gasteiger partial charge >= 0.3 is 0 Å². The second-order valence-electron chi connectivity index (χ2n) is 5.30. The van der Waals surface area contributed by atoms with Crippen molar-refractivity contribution in [3.8, 4) is 5.75 Å². The van der Waals surface area contributed by atoms with Crippen molar-refractivity contribution in [1.82, 2.24) is 0 Å². The van der Waals surface area contributed by atoms with Gasteiger partial charge < -0.3 is 10.1 Å². The highest BCUT2D eigenvalue weighted by atomic mass is 35.5. The van der Waals surface area contributed by atoms with Gasteiger partial charge in [-0.3, -0.25) is 14.5 Å². The monoisotopic (exact) mass is 398 g/mol. The number of carbonyl (C=O) groups is 2. The molecule has 9 heteroatoms. The van der Waals surface area contributed by atoms with Crippen LogP contribution in [0, 0.1) is 0 Å². The van der Waals surface area contributed by atoms with Crippen LogP contribution in [0.2, 0.25) is 5.02 Å². The van der Waals surface area contributed by atoms with Gasteiger partial charge in [0.2, 0.25) is 5.91 Å². The molecular weight excluding hydrogens is 386 g/mol. The van der Waals surface area contributed by atoms with Gasteiger partial charge in [-0.25, -0.2) is 0 Å². The molecule has 0 unspecified atom stereocenters. The summed E-state index contributed by atoms with van der Waals surface area (Å²) in [7, 11) is 0. The van der Waals surface area contributed by atoms with Gasteiger partial charge in [-0.2, -0.15) is 8.78 Å². The maximum absolute atomic E-state index is 12.6. The molecule has 0 saturated heterocycles. The number of amides is 2. The Morgan fingerprint density at radius 3 is 2.85 bits per heavy atom. The van der Waals surface area contributed by atoms with Gasteiger partial charge in [0.1, 0.15) is 12.3 Å². The SMILES string of the molecule is O=C(CN1C(=O)COc2ccc(Cl)cc21)Nc1ccccc1SC(F)F. The Bertz CT molecular complexity index is 851. The summed E-state index contributed by atoms with van der Waals surface area (Å²) in [5, 5.41) is 2.96. The highest BCUT2D eigenvalue weighted by molar-refractivity contribution is 7.99. The van der Waals surface area contributed by atoms with E-state index >= 15 is 0 Å². The number of benzene rings is 2. The number of nitrogens with zero attached hydrogens (tertiary/aromatic N) is 1. The number of para-hydroxylation sites is 1. The Morgan fingerprint density at radius 1 is 1.31 bits per heavy atom. The topological polar surface area (TPSA) is 58.6 Å². The molecule has 0 saturated carbocycles. The normalized spacial score (nSPS) is 13.4. The Balaban J connectivity index is 1.77. The number of carbonyl (C=O) groups excluding carboxylic acids is 2. The first-order chi connectivity index (χ1) is 12.4. The maximum atomic E-state index is 12.6. The van der Waals surface area contributed by atoms with E-state index in [2.05, 4.69) is 5.32 Å². The number of ether oxygens (including phenoxy) is 1. The van der Waals surface area contributed by atoms with E-state index in [4.69, 9.17) is 16.3 Å². The number of anilines is 2. The summed E-state index contributed by atoms with van der Waals surface area (Å²) in [6.07, 6.45) is 0. The first-order valence-corrected chi connectivity index (χ1v) is 8.76. The third kappa shape index (κ3) is 4.25. The van der Waals surface area contributed by atoms with E-state index in [1.54, 1.807) is 24.3 Å². The van der Waals surface area contributed by atoms with Gasteiger partial charge in [0.05, 0.1) is 11.4 Å². The fourth-order valence-corrected chi connectivity index (χ4v) is 3.21. The summed E-state index contributed by atoms with van der Waals surface area (Å²) in [5.74, 6) is -3.09. The lowest BCUT2D eigenvalue weighted by Gasteiger charge is -2.29. The zero-order valence-corrected chi connectivity index (χ0v) is 14.8. The van der Waals surface area contributed by atoms with Crippen LogP contribution < -0.4 is 15.0 Å². The summed E-state index contributed by atoms with van der Waals surface area (Å²) in [6, 6.07) is 11.0. The van der Waals surface area contributed by atoms with Crippen LogP contribution in [0.5, 0.6) is 5.75 Å². The van der Waals surface area contributed by atoms with Crippen LogP contribution in [-0.2, 0) is 9.59 Å². The largest absolute Gasteiger partial charge is 0.482 e. The maximum Gasteiger partial charge on any atom is 0.288 e. The predicted octanol–water partition coefficient (Wildman–Crippen LogP) is 4.02. The second kappa shape index (κ2) is 7.92. The highest BCUT2D eigenvalue weighted by Gasteiger charge is 2.27. The molecule has 2 aromatic rings. The van der Waals surface area contributed by atoms with Crippen molar-refractivity contribution in [2.24, 2.45) is 0 Å². The average Bonchev–Trinajstić information content (AvgIpc) is 2.59. The van der Waals surface area contributed by atoms with Crippen molar-refractivity contribution in [2.75, 3.05) is 23.4 Å². The van der Waals surface area contributed by atoms with Gasteiger partial charge in [-0.15, -0.1) is 0 Å². The van der Waals surface area contributed by atoms with Gasteiger partial charge in [-0.05, 0) is 30.3 Å². The average molecular weight is 399 g/mol. The van der Waals surface area contributed by atoms with Gasteiger partial charge in [0.25, 0.3) is 11.7 Å². The Morgan fingerprint density at radius 2 is 2.08 bits per heavy atom. The van der Waals surface area contributed by atoms with Crippen LogP contribution in [-0.4, -0.2) is 30.7 Å². The molecule has 0 atom stereocenters. The van der Waals surface area contributed by atoms with Crippen molar-refractivity contribution in [3.05, 3.63) is 47.5 Å². The molecule has 0 radical (unpaired) electrons.